The van der Waals surface area contributed by atoms with Crippen molar-refractivity contribution in [3.63, 3.8) is 0 Å². The Labute approximate surface area is 135 Å². The molecule has 0 spiro atoms. The van der Waals surface area contributed by atoms with Gasteiger partial charge in [0, 0.05) is 36.4 Å². The molecule has 6 nitrogen and oxygen atoms in total. The molecule has 0 aliphatic rings. The highest BCUT2D eigenvalue weighted by atomic mass is 16.3. The summed E-state index contributed by atoms with van der Waals surface area (Å²) >= 11 is 0. The van der Waals surface area contributed by atoms with Gasteiger partial charge in [-0.15, -0.1) is 0 Å². The molecule has 0 saturated heterocycles. The highest BCUT2D eigenvalue weighted by Crippen LogP contribution is 2.21. The van der Waals surface area contributed by atoms with Crippen molar-refractivity contribution in [2.45, 2.75) is 20.3 Å². The van der Waals surface area contributed by atoms with Crippen molar-refractivity contribution in [1.29, 1.82) is 0 Å². The maximum Gasteiger partial charge on any atom is 0.179 e. The van der Waals surface area contributed by atoms with Crippen LogP contribution in [0.1, 0.15) is 20.3 Å². The predicted molar refractivity (Wildman–Crippen MR) is 93.8 cm³/mol. The smallest absolute Gasteiger partial charge is 0.179 e. The van der Waals surface area contributed by atoms with Crippen LogP contribution in [0.4, 0.5) is 11.5 Å². The van der Waals surface area contributed by atoms with Crippen LogP contribution in [0.15, 0.2) is 42.9 Å². The van der Waals surface area contributed by atoms with Crippen molar-refractivity contribution in [1.82, 2.24) is 14.4 Å². The molecule has 3 aromatic rings. The second-order valence-electron chi connectivity index (χ2n) is 5.70. The predicted octanol–water partition coefficient (Wildman–Crippen LogP) is 2.59. The maximum absolute atomic E-state index is 8.24. The number of aromatic nitrogens is 3. The summed E-state index contributed by atoms with van der Waals surface area (Å²) in [4.78, 5) is 8.45. The molecule has 23 heavy (non-hydrogen) atoms. The van der Waals surface area contributed by atoms with E-state index in [9.17, 15) is 0 Å². The number of hydrogen-bond acceptors (Lipinski definition) is 5. The van der Waals surface area contributed by atoms with Crippen LogP contribution in [0.2, 0.25) is 0 Å². The molecular formula is C17H23N5O. The van der Waals surface area contributed by atoms with E-state index < -0.39 is 0 Å². The molecule has 1 aromatic carbocycles. The molecule has 122 valence electrons. The van der Waals surface area contributed by atoms with E-state index in [1.165, 1.54) is 0 Å². The van der Waals surface area contributed by atoms with Gasteiger partial charge in [0.1, 0.15) is 0 Å². The van der Waals surface area contributed by atoms with Gasteiger partial charge in [0.2, 0.25) is 0 Å². The molecule has 0 aliphatic carbocycles. The van der Waals surface area contributed by atoms with Crippen molar-refractivity contribution in [3.8, 4) is 11.3 Å². The van der Waals surface area contributed by atoms with E-state index in [0.717, 1.165) is 17.7 Å². The zero-order valence-corrected chi connectivity index (χ0v) is 13.5. The summed E-state index contributed by atoms with van der Waals surface area (Å²) in [6, 6.07) is 7.54. The fraction of sp³-hybridized carbons (Fsp3) is 0.294. The molecule has 0 atom stereocenters. The first-order chi connectivity index (χ1) is 11.0. The highest BCUT2D eigenvalue weighted by Gasteiger charge is 2.06. The van der Waals surface area contributed by atoms with Gasteiger partial charge in [-0.05, 0) is 24.5 Å². The topological polar surface area (TPSA) is 102 Å². The number of benzene rings is 1. The van der Waals surface area contributed by atoms with Crippen LogP contribution in [0, 0.1) is 5.92 Å². The van der Waals surface area contributed by atoms with Gasteiger partial charge in [-0.2, -0.15) is 0 Å². The molecular weight excluding hydrogens is 290 g/mol. The second-order valence-corrected chi connectivity index (χ2v) is 5.70. The largest absolute Gasteiger partial charge is 0.399 e. The van der Waals surface area contributed by atoms with E-state index >= 15 is 0 Å². The molecule has 2 heterocycles. The number of fused-ring (bicyclic) bond motifs is 1. The van der Waals surface area contributed by atoms with Crippen LogP contribution in [0.25, 0.3) is 16.9 Å². The van der Waals surface area contributed by atoms with Gasteiger partial charge >= 0.3 is 0 Å². The number of rotatable bonds is 3. The van der Waals surface area contributed by atoms with E-state index in [4.69, 9.17) is 16.6 Å². The van der Waals surface area contributed by atoms with E-state index in [1.807, 2.05) is 41.1 Å². The summed E-state index contributed by atoms with van der Waals surface area (Å²) in [6.45, 7) is 4.52. The van der Waals surface area contributed by atoms with Crippen molar-refractivity contribution in [2.24, 2.45) is 5.92 Å². The summed E-state index contributed by atoms with van der Waals surface area (Å²) in [7, 11) is 0. The van der Waals surface area contributed by atoms with Crippen LogP contribution in [0.5, 0.6) is 0 Å². The van der Waals surface area contributed by atoms with Crippen LogP contribution in [-0.2, 0) is 0 Å². The van der Waals surface area contributed by atoms with Gasteiger partial charge in [0.25, 0.3) is 0 Å². The summed E-state index contributed by atoms with van der Waals surface area (Å²) in [6.07, 6.45) is 6.34. The Balaban J connectivity index is 0.000000277. The SMILES string of the molecule is CC(C)CCO.Nc1cccc(-c2cn3ccnc3c(N)n2)c1. The molecule has 0 aliphatic heterocycles. The first kappa shape index (κ1) is 16.8. The van der Waals surface area contributed by atoms with Gasteiger partial charge in [-0.1, -0.05) is 26.0 Å². The molecule has 0 bridgehead atoms. The Hall–Kier alpha value is -2.60. The Kier molecular flexibility index (Phi) is 5.54. The van der Waals surface area contributed by atoms with E-state index in [0.29, 0.717) is 29.7 Å². The lowest BCUT2D eigenvalue weighted by molar-refractivity contribution is 0.268. The van der Waals surface area contributed by atoms with Gasteiger partial charge < -0.3 is 21.0 Å². The van der Waals surface area contributed by atoms with E-state index in [2.05, 4.69) is 23.8 Å². The summed E-state index contributed by atoms with van der Waals surface area (Å²) < 4.78 is 1.85. The fourth-order valence-electron chi connectivity index (χ4n) is 2.05. The monoisotopic (exact) mass is 313 g/mol. The average Bonchev–Trinajstić information content (AvgIpc) is 2.97. The zero-order chi connectivity index (χ0) is 16.8. The lowest BCUT2D eigenvalue weighted by Crippen LogP contribution is -1.98. The molecule has 3 rings (SSSR count). The van der Waals surface area contributed by atoms with Crippen molar-refractivity contribution < 1.29 is 5.11 Å². The molecule has 0 radical (unpaired) electrons. The normalized spacial score (nSPS) is 10.6. The van der Waals surface area contributed by atoms with Gasteiger partial charge in [-0.25, -0.2) is 9.97 Å². The number of hydrogen-bond donors (Lipinski definition) is 3. The molecule has 0 saturated carbocycles. The Morgan fingerprint density at radius 3 is 2.65 bits per heavy atom. The number of anilines is 2. The summed E-state index contributed by atoms with van der Waals surface area (Å²) in [5, 5.41) is 8.24. The second kappa shape index (κ2) is 7.60. The third kappa shape index (κ3) is 4.43. The first-order valence-electron chi connectivity index (χ1n) is 7.57. The molecule has 0 amide bonds. The Morgan fingerprint density at radius 1 is 1.26 bits per heavy atom. The highest BCUT2D eigenvalue weighted by molar-refractivity contribution is 5.69. The minimum Gasteiger partial charge on any atom is -0.399 e. The minimum absolute atomic E-state index is 0.331. The number of imidazole rings is 1. The minimum atomic E-state index is 0.331. The van der Waals surface area contributed by atoms with Crippen LogP contribution < -0.4 is 11.5 Å². The standard InChI is InChI=1S/C12H11N5.C5H12O/c13-9-3-1-2-8(6-9)10-7-17-5-4-15-12(17)11(14)16-10;1-5(2)3-4-6/h1-7H,13H2,(H2,14,16);5-6H,3-4H2,1-2H3. The Morgan fingerprint density at radius 2 is 2.04 bits per heavy atom. The number of aliphatic hydroxyl groups is 1. The van der Waals surface area contributed by atoms with Crippen LogP contribution in [0.3, 0.4) is 0 Å². The van der Waals surface area contributed by atoms with Crippen molar-refractivity contribution in [2.75, 3.05) is 18.1 Å². The number of nitrogen functional groups attached to an aromatic ring is 2. The van der Waals surface area contributed by atoms with Crippen molar-refractivity contribution >= 4 is 17.2 Å². The van der Waals surface area contributed by atoms with Crippen molar-refractivity contribution in [3.05, 3.63) is 42.9 Å². The Bertz CT molecular complexity index is 767. The van der Waals surface area contributed by atoms with E-state index in [-0.39, 0.29) is 0 Å². The quantitative estimate of drug-likeness (QED) is 0.645. The molecule has 0 fully saturated rings. The summed E-state index contributed by atoms with van der Waals surface area (Å²) in [5.41, 5.74) is 14.7. The number of nitrogens with zero attached hydrogens (tertiary/aromatic N) is 3. The van der Waals surface area contributed by atoms with Crippen LogP contribution >= 0.6 is 0 Å². The molecule has 5 N–H and O–H groups in total. The van der Waals surface area contributed by atoms with Gasteiger partial charge in [-0.3, -0.25) is 0 Å². The average molecular weight is 313 g/mol. The number of nitrogens with two attached hydrogens (primary N) is 2. The lowest BCUT2D eigenvalue weighted by Gasteiger charge is -2.05. The van der Waals surface area contributed by atoms with Crippen LogP contribution in [-0.4, -0.2) is 26.1 Å². The van der Waals surface area contributed by atoms with Gasteiger partial charge in [0.05, 0.1) is 5.69 Å². The van der Waals surface area contributed by atoms with E-state index in [1.54, 1.807) is 6.20 Å². The maximum atomic E-state index is 8.24. The fourth-order valence-corrected chi connectivity index (χ4v) is 2.05. The number of aliphatic hydroxyl groups excluding tert-OH is 1. The molecule has 6 heteroatoms. The third-order valence-corrected chi connectivity index (χ3v) is 3.29. The van der Waals surface area contributed by atoms with Gasteiger partial charge in [0.15, 0.2) is 11.5 Å². The lowest BCUT2D eigenvalue weighted by atomic mass is 10.1. The molecule has 2 aromatic heterocycles. The third-order valence-electron chi connectivity index (χ3n) is 3.29. The summed E-state index contributed by atoms with van der Waals surface area (Å²) in [5.74, 6) is 1.06. The first-order valence-corrected chi connectivity index (χ1v) is 7.57. The zero-order valence-electron chi connectivity index (χ0n) is 13.5. The molecule has 0 unspecified atom stereocenters.